The minimum absolute atomic E-state index is 0.141. The molecular weight excluding hydrogens is 516 g/mol. The first-order valence-corrected chi connectivity index (χ1v) is 14.0. The van der Waals surface area contributed by atoms with E-state index in [9.17, 15) is 19.2 Å². The Morgan fingerprint density at radius 2 is 1.54 bits per heavy atom. The highest BCUT2D eigenvalue weighted by molar-refractivity contribution is 6.23. The molecule has 3 aliphatic rings. The maximum Gasteiger partial charge on any atom is 0.338 e. The van der Waals surface area contributed by atoms with Gasteiger partial charge in [0.1, 0.15) is 0 Å². The van der Waals surface area contributed by atoms with Gasteiger partial charge in [-0.2, -0.15) is 0 Å². The average molecular weight is 545 g/mol. The van der Waals surface area contributed by atoms with Crippen molar-refractivity contribution in [2.24, 2.45) is 23.7 Å². The minimum Gasteiger partial charge on any atom is -0.452 e. The lowest BCUT2D eigenvalue weighted by Crippen LogP contribution is -2.33. The van der Waals surface area contributed by atoms with E-state index in [1.807, 2.05) is 54.6 Å². The summed E-state index contributed by atoms with van der Waals surface area (Å²) in [6, 6.07) is 29.8. The van der Waals surface area contributed by atoms with Gasteiger partial charge in [0.25, 0.3) is 5.91 Å². The SMILES string of the molecule is O=C(COC(=O)c1cccc(N2C(=O)[C@@H]3[C@@H]4C[C@@H]([C@@H]3C2=O)[C@H](c2ccccc2)C4)c1)Nc1cccc2ccccc12. The molecule has 5 atom stereocenters. The van der Waals surface area contributed by atoms with Crippen LogP contribution >= 0.6 is 0 Å². The van der Waals surface area contributed by atoms with Gasteiger partial charge in [0.15, 0.2) is 6.61 Å². The van der Waals surface area contributed by atoms with Crippen LogP contribution in [-0.4, -0.2) is 30.3 Å². The van der Waals surface area contributed by atoms with Crippen LogP contribution in [0.2, 0.25) is 0 Å². The Hall–Kier alpha value is -4.78. The molecule has 0 radical (unpaired) electrons. The number of esters is 1. The van der Waals surface area contributed by atoms with Crippen LogP contribution in [0.4, 0.5) is 11.4 Å². The molecule has 4 aromatic rings. The van der Waals surface area contributed by atoms with Gasteiger partial charge in [-0.05, 0) is 65.8 Å². The van der Waals surface area contributed by atoms with E-state index in [0.29, 0.717) is 11.4 Å². The van der Waals surface area contributed by atoms with Gasteiger partial charge in [0, 0.05) is 11.1 Å². The van der Waals surface area contributed by atoms with E-state index in [4.69, 9.17) is 4.74 Å². The number of amides is 3. The molecule has 1 N–H and O–H groups in total. The molecule has 7 rings (SSSR count). The smallest absolute Gasteiger partial charge is 0.338 e. The first-order chi connectivity index (χ1) is 20.0. The van der Waals surface area contributed by atoms with Crippen LogP contribution < -0.4 is 10.2 Å². The number of anilines is 2. The quantitative estimate of drug-likeness (QED) is 0.253. The van der Waals surface area contributed by atoms with Crippen LogP contribution in [-0.2, 0) is 19.1 Å². The molecule has 1 aliphatic heterocycles. The van der Waals surface area contributed by atoms with Crippen LogP contribution in [0.5, 0.6) is 0 Å². The predicted octanol–water partition coefficient (Wildman–Crippen LogP) is 5.56. The fraction of sp³-hybridized carbons (Fsp3) is 0.235. The lowest BCUT2D eigenvalue weighted by atomic mass is 9.73. The van der Waals surface area contributed by atoms with Crippen molar-refractivity contribution in [1.29, 1.82) is 0 Å². The Morgan fingerprint density at radius 3 is 2.39 bits per heavy atom. The minimum atomic E-state index is -0.705. The number of carbonyl (C=O) groups is 4. The molecule has 0 unspecified atom stereocenters. The molecule has 7 nitrogen and oxygen atoms in total. The van der Waals surface area contributed by atoms with Gasteiger partial charge in [-0.25, -0.2) is 4.79 Å². The van der Waals surface area contributed by atoms with Gasteiger partial charge in [0.2, 0.25) is 11.8 Å². The molecule has 4 aromatic carbocycles. The van der Waals surface area contributed by atoms with E-state index < -0.39 is 18.5 Å². The first-order valence-electron chi connectivity index (χ1n) is 14.0. The Morgan fingerprint density at radius 1 is 0.805 bits per heavy atom. The number of carbonyl (C=O) groups excluding carboxylic acids is 4. The second kappa shape index (κ2) is 10.0. The monoisotopic (exact) mass is 544 g/mol. The average Bonchev–Trinajstić information content (AvgIpc) is 3.67. The third-order valence-corrected chi connectivity index (χ3v) is 8.98. The van der Waals surface area contributed by atoms with Crippen molar-refractivity contribution in [3.8, 4) is 0 Å². The fourth-order valence-corrected chi connectivity index (χ4v) is 7.30. The Balaban J connectivity index is 1.04. The first kappa shape index (κ1) is 25.2. The van der Waals surface area contributed by atoms with Crippen molar-refractivity contribution < 1.29 is 23.9 Å². The number of imide groups is 1. The number of ether oxygens (including phenoxy) is 1. The van der Waals surface area contributed by atoms with E-state index in [1.54, 1.807) is 24.3 Å². The largest absolute Gasteiger partial charge is 0.452 e. The van der Waals surface area contributed by atoms with Gasteiger partial charge in [-0.15, -0.1) is 0 Å². The molecule has 41 heavy (non-hydrogen) atoms. The third-order valence-electron chi connectivity index (χ3n) is 8.98. The lowest BCUT2D eigenvalue weighted by molar-refractivity contribution is -0.123. The Labute approximate surface area is 237 Å². The zero-order valence-electron chi connectivity index (χ0n) is 22.2. The van der Waals surface area contributed by atoms with E-state index in [0.717, 1.165) is 23.6 Å². The topological polar surface area (TPSA) is 92.8 Å². The summed E-state index contributed by atoms with van der Waals surface area (Å²) in [5.41, 5.74) is 2.39. The molecule has 3 amide bonds. The van der Waals surface area contributed by atoms with Gasteiger partial charge in [-0.3, -0.25) is 19.3 Å². The summed E-state index contributed by atoms with van der Waals surface area (Å²) in [6.45, 7) is -0.470. The fourth-order valence-electron chi connectivity index (χ4n) is 7.30. The third kappa shape index (κ3) is 4.29. The predicted molar refractivity (Wildman–Crippen MR) is 154 cm³/mol. The van der Waals surface area contributed by atoms with E-state index in [2.05, 4.69) is 17.4 Å². The Bertz CT molecular complexity index is 1690. The maximum atomic E-state index is 13.7. The van der Waals surface area contributed by atoms with Crippen molar-refractivity contribution in [1.82, 2.24) is 0 Å². The molecule has 7 heteroatoms. The van der Waals surface area contributed by atoms with E-state index in [1.165, 1.54) is 16.5 Å². The van der Waals surface area contributed by atoms with Gasteiger partial charge >= 0.3 is 5.97 Å². The number of nitrogens with one attached hydrogen (secondary N) is 1. The van der Waals surface area contributed by atoms with E-state index in [-0.39, 0.29) is 47.0 Å². The van der Waals surface area contributed by atoms with Crippen LogP contribution in [0.3, 0.4) is 0 Å². The van der Waals surface area contributed by atoms with Crippen LogP contribution in [0.15, 0.2) is 97.1 Å². The summed E-state index contributed by atoms with van der Waals surface area (Å²) in [5, 5.41) is 4.67. The van der Waals surface area contributed by atoms with Gasteiger partial charge in [0.05, 0.1) is 23.1 Å². The molecule has 204 valence electrons. The summed E-state index contributed by atoms with van der Waals surface area (Å²) in [7, 11) is 0. The zero-order chi connectivity index (χ0) is 28.1. The van der Waals surface area contributed by atoms with Crippen molar-refractivity contribution in [2.75, 3.05) is 16.8 Å². The second-order valence-electron chi connectivity index (χ2n) is 11.2. The number of hydrogen-bond donors (Lipinski definition) is 1. The molecule has 2 saturated carbocycles. The Kier molecular flexibility index (Phi) is 6.15. The highest BCUT2D eigenvalue weighted by Crippen LogP contribution is 2.61. The molecular formula is C34H28N2O5. The summed E-state index contributed by atoms with van der Waals surface area (Å²) in [6.07, 6.45) is 1.81. The molecule has 1 heterocycles. The van der Waals surface area contributed by atoms with E-state index >= 15 is 0 Å². The molecule has 0 aromatic heterocycles. The zero-order valence-corrected chi connectivity index (χ0v) is 22.2. The van der Waals surface area contributed by atoms with Crippen molar-refractivity contribution >= 4 is 45.8 Å². The van der Waals surface area contributed by atoms with Crippen molar-refractivity contribution in [3.05, 3.63) is 108 Å². The van der Waals surface area contributed by atoms with Crippen LogP contribution in [0.1, 0.15) is 34.7 Å². The highest BCUT2D eigenvalue weighted by Gasteiger charge is 2.64. The van der Waals surface area contributed by atoms with Crippen molar-refractivity contribution in [3.63, 3.8) is 0 Å². The number of rotatable bonds is 6. The highest BCUT2D eigenvalue weighted by atomic mass is 16.5. The number of benzene rings is 4. The summed E-state index contributed by atoms with van der Waals surface area (Å²) in [4.78, 5) is 53.9. The molecule has 3 fully saturated rings. The standard InChI is InChI=1S/C34H28N2O5/c37-29(35-28-15-7-11-20-10-4-5-14-25(20)28)19-41-34(40)22-12-6-13-24(16-22)36-32(38)30-23-17-26(21-8-2-1-3-9-21)27(18-23)31(30)33(36)39/h1-16,23,26-27,30-31H,17-19H2,(H,35,37)/t23-,26-,27+,30+,31-/m0/s1. The second-order valence-corrected chi connectivity index (χ2v) is 11.2. The van der Waals surface area contributed by atoms with Gasteiger partial charge < -0.3 is 10.1 Å². The van der Waals surface area contributed by atoms with Gasteiger partial charge in [-0.1, -0.05) is 72.8 Å². The number of nitrogens with zero attached hydrogens (tertiary/aromatic N) is 1. The lowest BCUT2D eigenvalue weighted by Gasteiger charge is -2.28. The normalized spacial score (nSPS) is 24.5. The molecule has 0 spiro atoms. The summed E-state index contributed by atoms with van der Waals surface area (Å²) < 4.78 is 5.29. The number of fused-ring (bicyclic) bond motifs is 6. The maximum absolute atomic E-state index is 13.7. The number of hydrogen-bond acceptors (Lipinski definition) is 5. The molecule has 2 aliphatic carbocycles. The summed E-state index contributed by atoms with van der Waals surface area (Å²) >= 11 is 0. The van der Waals surface area contributed by atoms with Crippen molar-refractivity contribution in [2.45, 2.75) is 18.8 Å². The van der Waals surface area contributed by atoms with Crippen LogP contribution in [0, 0.1) is 23.7 Å². The summed E-state index contributed by atoms with van der Waals surface area (Å²) in [5.74, 6) is -1.57. The van der Waals surface area contributed by atoms with Crippen LogP contribution in [0.25, 0.3) is 10.8 Å². The molecule has 2 bridgehead atoms. The molecule has 1 saturated heterocycles.